The van der Waals surface area contributed by atoms with Gasteiger partial charge in [0.25, 0.3) is 5.91 Å². The molecule has 1 saturated heterocycles. The monoisotopic (exact) mass is 472 g/mol. The molecule has 4 nitrogen and oxygen atoms in total. The third kappa shape index (κ3) is 5.20. The number of rotatable bonds is 5. The third-order valence-corrected chi connectivity index (χ3v) is 7.60. The first-order chi connectivity index (χ1) is 16.3. The van der Waals surface area contributed by atoms with Crippen LogP contribution in [0.3, 0.4) is 0 Å². The number of thioether (sulfide) groups is 1. The Morgan fingerprint density at radius 1 is 0.912 bits per heavy atom. The molecule has 2 amide bonds. The Kier molecular flexibility index (Phi) is 7.13. The lowest BCUT2D eigenvalue weighted by molar-refractivity contribution is -0.125. The van der Waals surface area contributed by atoms with Gasteiger partial charge in [-0.05, 0) is 41.2 Å². The van der Waals surface area contributed by atoms with E-state index in [9.17, 15) is 9.59 Å². The highest BCUT2D eigenvalue weighted by Crippen LogP contribution is 2.42. The largest absolute Gasteiger partial charge is 0.348 e. The number of nitrogens with one attached hydrogen (secondary N) is 1. The van der Waals surface area contributed by atoms with E-state index in [4.69, 9.17) is 0 Å². The first-order valence-corrected chi connectivity index (χ1v) is 12.8. The van der Waals surface area contributed by atoms with Crippen LogP contribution in [0.2, 0.25) is 0 Å². The smallest absolute Gasteiger partial charge is 0.255 e. The second kappa shape index (κ2) is 10.1. The standard InChI is InChI=1S/C29H32N2O2S/c1-20(21-11-7-5-8-12-21)30-26(32)25-19-34-28(23-13-9-6-10-14-23)31(25)27(33)22-15-17-24(18-16-22)29(2,3)4/h5-18,20,25,28H,19H2,1-4H3,(H,30,32). The molecule has 3 unspecified atom stereocenters. The van der Waals surface area contributed by atoms with Gasteiger partial charge in [-0.2, -0.15) is 0 Å². The Bertz CT molecular complexity index is 1120. The van der Waals surface area contributed by atoms with Gasteiger partial charge in [-0.1, -0.05) is 93.6 Å². The maximum absolute atomic E-state index is 13.8. The molecular weight excluding hydrogens is 440 g/mol. The van der Waals surface area contributed by atoms with Crippen molar-refractivity contribution in [2.24, 2.45) is 0 Å². The predicted octanol–water partition coefficient (Wildman–Crippen LogP) is 6.12. The molecule has 0 saturated carbocycles. The van der Waals surface area contributed by atoms with Crippen molar-refractivity contribution in [1.29, 1.82) is 0 Å². The molecule has 0 aromatic heterocycles. The summed E-state index contributed by atoms with van der Waals surface area (Å²) in [6, 6.07) is 27.0. The molecule has 1 N–H and O–H groups in total. The topological polar surface area (TPSA) is 49.4 Å². The fourth-order valence-corrected chi connectivity index (χ4v) is 5.66. The van der Waals surface area contributed by atoms with Crippen LogP contribution in [-0.2, 0) is 10.2 Å². The lowest BCUT2D eigenvalue weighted by atomic mass is 9.86. The molecular formula is C29H32N2O2S. The van der Waals surface area contributed by atoms with Crippen molar-refractivity contribution in [3.05, 3.63) is 107 Å². The molecule has 0 radical (unpaired) electrons. The van der Waals surface area contributed by atoms with Crippen LogP contribution in [0, 0.1) is 0 Å². The highest BCUT2D eigenvalue weighted by Gasteiger charge is 2.42. The molecule has 0 bridgehead atoms. The van der Waals surface area contributed by atoms with Gasteiger partial charge < -0.3 is 10.2 Å². The van der Waals surface area contributed by atoms with E-state index < -0.39 is 6.04 Å². The van der Waals surface area contributed by atoms with Gasteiger partial charge in [0.2, 0.25) is 5.91 Å². The van der Waals surface area contributed by atoms with Gasteiger partial charge in [-0.3, -0.25) is 9.59 Å². The van der Waals surface area contributed by atoms with E-state index in [2.05, 4.69) is 26.1 Å². The SMILES string of the molecule is CC(NC(=O)C1CSC(c2ccccc2)N1C(=O)c1ccc(C(C)(C)C)cc1)c1ccccc1. The van der Waals surface area contributed by atoms with E-state index in [0.717, 1.165) is 11.1 Å². The summed E-state index contributed by atoms with van der Waals surface area (Å²) >= 11 is 1.64. The summed E-state index contributed by atoms with van der Waals surface area (Å²) in [5.74, 6) is 0.312. The van der Waals surface area contributed by atoms with E-state index in [1.807, 2.05) is 91.9 Å². The summed E-state index contributed by atoms with van der Waals surface area (Å²) in [5.41, 5.74) is 3.85. The van der Waals surface area contributed by atoms with Crippen LogP contribution in [0.5, 0.6) is 0 Å². The van der Waals surface area contributed by atoms with Crippen LogP contribution in [0.1, 0.15) is 66.2 Å². The second-order valence-corrected chi connectivity index (χ2v) is 10.9. The number of nitrogens with zero attached hydrogens (tertiary/aromatic N) is 1. The number of benzene rings is 3. The van der Waals surface area contributed by atoms with Crippen molar-refractivity contribution < 1.29 is 9.59 Å². The van der Waals surface area contributed by atoms with Gasteiger partial charge in [0.1, 0.15) is 11.4 Å². The summed E-state index contributed by atoms with van der Waals surface area (Å²) in [5, 5.41) is 2.92. The lowest BCUT2D eigenvalue weighted by Gasteiger charge is -2.30. The van der Waals surface area contributed by atoms with Crippen molar-refractivity contribution in [2.75, 3.05) is 5.75 Å². The molecule has 1 aliphatic rings. The number of amides is 2. The van der Waals surface area contributed by atoms with Crippen LogP contribution < -0.4 is 5.32 Å². The molecule has 3 aromatic rings. The minimum Gasteiger partial charge on any atom is -0.348 e. The summed E-state index contributed by atoms with van der Waals surface area (Å²) in [6.45, 7) is 8.43. The zero-order chi connectivity index (χ0) is 24.3. The first kappa shape index (κ1) is 24.1. The number of carbonyl (C=O) groups excluding carboxylic acids is 2. The molecule has 0 aliphatic carbocycles. The van der Waals surface area contributed by atoms with Gasteiger partial charge in [0.05, 0.1) is 6.04 Å². The zero-order valence-corrected chi connectivity index (χ0v) is 21.0. The van der Waals surface area contributed by atoms with Crippen LogP contribution in [0.4, 0.5) is 0 Å². The van der Waals surface area contributed by atoms with Gasteiger partial charge in [0, 0.05) is 11.3 Å². The number of hydrogen-bond donors (Lipinski definition) is 1. The molecule has 5 heteroatoms. The summed E-state index contributed by atoms with van der Waals surface area (Å²) in [4.78, 5) is 29.0. The van der Waals surface area contributed by atoms with Gasteiger partial charge in [-0.15, -0.1) is 11.8 Å². The highest BCUT2D eigenvalue weighted by atomic mass is 32.2. The van der Waals surface area contributed by atoms with Crippen molar-refractivity contribution in [1.82, 2.24) is 10.2 Å². The molecule has 3 aromatic carbocycles. The van der Waals surface area contributed by atoms with Gasteiger partial charge in [0.15, 0.2) is 0 Å². The molecule has 3 atom stereocenters. The fraction of sp³-hybridized carbons (Fsp3) is 0.310. The van der Waals surface area contributed by atoms with Crippen LogP contribution >= 0.6 is 11.8 Å². The maximum atomic E-state index is 13.8. The van der Waals surface area contributed by atoms with Gasteiger partial charge >= 0.3 is 0 Å². The van der Waals surface area contributed by atoms with E-state index in [1.54, 1.807) is 16.7 Å². The Labute approximate surface area is 206 Å². The second-order valence-electron chi connectivity index (χ2n) is 9.79. The normalized spacial score (nSPS) is 19.0. The van der Waals surface area contributed by atoms with Crippen molar-refractivity contribution in [2.45, 2.75) is 50.6 Å². The Balaban J connectivity index is 1.62. The highest BCUT2D eigenvalue weighted by molar-refractivity contribution is 7.99. The predicted molar refractivity (Wildman–Crippen MR) is 140 cm³/mol. The maximum Gasteiger partial charge on any atom is 0.255 e. The quantitative estimate of drug-likeness (QED) is 0.487. The molecule has 1 fully saturated rings. The average Bonchev–Trinajstić information content (AvgIpc) is 3.29. The minimum atomic E-state index is -0.545. The summed E-state index contributed by atoms with van der Waals surface area (Å²) < 4.78 is 0. The first-order valence-electron chi connectivity index (χ1n) is 11.7. The zero-order valence-electron chi connectivity index (χ0n) is 20.2. The van der Waals surface area contributed by atoms with E-state index in [0.29, 0.717) is 11.3 Å². The van der Waals surface area contributed by atoms with E-state index in [-0.39, 0.29) is 28.6 Å². The Morgan fingerprint density at radius 2 is 1.50 bits per heavy atom. The van der Waals surface area contributed by atoms with Gasteiger partial charge in [-0.25, -0.2) is 0 Å². The molecule has 1 heterocycles. The molecule has 4 rings (SSSR count). The minimum absolute atomic E-state index is 0.00758. The third-order valence-electron chi connectivity index (χ3n) is 6.28. The molecule has 176 valence electrons. The molecule has 0 spiro atoms. The van der Waals surface area contributed by atoms with E-state index in [1.165, 1.54) is 5.56 Å². The number of hydrogen-bond acceptors (Lipinski definition) is 3. The Morgan fingerprint density at radius 3 is 2.09 bits per heavy atom. The summed E-state index contributed by atoms with van der Waals surface area (Å²) in [6.07, 6.45) is 0. The van der Waals surface area contributed by atoms with Crippen LogP contribution in [0.15, 0.2) is 84.9 Å². The van der Waals surface area contributed by atoms with Crippen LogP contribution in [0.25, 0.3) is 0 Å². The Hall–Kier alpha value is -3.05. The van der Waals surface area contributed by atoms with E-state index >= 15 is 0 Å². The fourth-order valence-electron chi connectivity index (χ4n) is 4.23. The van der Waals surface area contributed by atoms with Crippen molar-refractivity contribution in [3.63, 3.8) is 0 Å². The molecule has 1 aliphatic heterocycles. The lowest BCUT2D eigenvalue weighted by Crippen LogP contribution is -2.48. The average molecular weight is 473 g/mol. The molecule has 34 heavy (non-hydrogen) atoms. The van der Waals surface area contributed by atoms with Crippen molar-refractivity contribution >= 4 is 23.6 Å². The van der Waals surface area contributed by atoms with Crippen LogP contribution in [-0.4, -0.2) is 28.5 Å². The summed E-state index contributed by atoms with van der Waals surface area (Å²) in [7, 11) is 0. The van der Waals surface area contributed by atoms with Crippen molar-refractivity contribution in [3.8, 4) is 0 Å². The number of carbonyl (C=O) groups is 2.